The molecule has 2 aromatic rings. The van der Waals surface area contributed by atoms with Gasteiger partial charge >= 0.3 is 5.97 Å². The minimum absolute atomic E-state index is 0.377. The van der Waals surface area contributed by atoms with Crippen molar-refractivity contribution in [2.45, 2.75) is 22.8 Å². The van der Waals surface area contributed by atoms with E-state index in [2.05, 4.69) is 67.2 Å². The maximum absolute atomic E-state index is 10.8. The number of benzene rings is 2. The molecule has 1 N–H and O–H groups in total. The Balaban J connectivity index is 2.03. The molecule has 0 fully saturated rings. The van der Waals surface area contributed by atoms with Crippen molar-refractivity contribution in [2.75, 3.05) is 25.5 Å². The van der Waals surface area contributed by atoms with Crippen molar-refractivity contribution in [3.05, 3.63) is 54.1 Å². The fourth-order valence-electron chi connectivity index (χ4n) is 2.74. The third-order valence-corrected chi connectivity index (χ3v) is 5.53. The highest BCUT2D eigenvalue weighted by atomic mass is 32.2. The lowest BCUT2D eigenvalue weighted by molar-refractivity contribution is -0.131. The van der Waals surface area contributed by atoms with E-state index in [1.54, 1.807) is 17.8 Å². The summed E-state index contributed by atoms with van der Waals surface area (Å²) in [5, 5.41) is 8.87. The molecule has 2 aromatic carbocycles. The van der Waals surface area contributed by atoms with E-state index in [-0.39, 0.29) is 0 Å². The Morgan fingerprint density at radius 1 is 1.20 bits per heavy atom. The Morgan fingerprint density at radius 3 is 2.64 bits per heavy atom. The van der Waals surface area contributed by atoms with Gasteiger partial charge in [-0.3, -0.25) is 0 Å². The summed E-state index contributed by atoms with van der Waals surface area (Å²) < 4.78 is 0. The number of likely N-dealkylation sites (N-methyl/N-ethyl adjacent to an activating group) is 1. The molecule has 25 heavy (non-hydrogen) atoms. The van der Waals surface area contributed by atoms with Crippen molar-refractivity contribution < 1.29 is 9.90 Å². The van der Waals surface area contributed by atoms with E-state index in [0.717, 1.165) is 17.8 Å². The van der Waals surface area contributed by atoms with Crippen LogP contribution in [0.3, 0.4) is 0 Å². The van der Waals surface area contributed by atoms with Crippen molar-refractivity contribution >= 4 is 35.2 Å². The van der Waals surface area contributed by atoms with Crippen LogP contribution in [0.2, 0.25) is 0 Å². The molecule has 3 rings (SSSR count). The minimum atomic E-state index is -0.935. The Hall–Kier alpha value is -2.24. The van der Waals surface area contributed by atoms with Crippen molar-refractivity contribution in [1.29, 1.82) is 0 Å². The van der Waals surface area contributed by atoms with E-state index in [0.29, 0.717) is 6.04 Å². The average Bonchev–Trinajstić information content (AvgIpc) is 2.59. The van der Waals surface area contributed by atoms with Gasteiger partial charge in [0.05, 0.1) is 11.4 Å². The largest absolute Gasteiger partial charge is 0.478 e. The summed E-state index contributed by atoms with van der Waals surface area (Å²) >= 11 is 1.76. The second-order valence-corrected chi connectivity index (χ2v) is 7.48. The normalized spacial score (nSPS) is 14.5. The molecule has 0 aliphatic carbocycles. The second kappa shape index (κ2) is 7.33. The minimum Gasteiger partial charge on any atom is -0.478 e. The fraction of sp³-hybridized carbons (Fsp3) is 0.250. The third kappa shape index (κ3) is 3.89. The lowest BCUT2D eigenvalue weighted by Gasteiger charge is -2.36. The van der Waals surface area contributed by atoms with E-state index in [1.165, 1.54) is 21.6 Å². The molecule has 1 aliphatic heterocycles. The smallest absolute Gasteiger partial charge is 0.328 e. The topological polar surface area (TPSA) is 43.8 Å². The second-order valence-electron chi connectivity index (χ2n) is 6.39. The molecule has 0 saturated carbocycles. The molecule has 0 bridgehead atoms. The van der Waals surface area contributed by atoms with Crippen molar-refractivity contribution in [3.63, 3.8) is 0 Å². The molecule has 4 nitrogen and oxygen atoms in total. The fourth-order valence-corrected chi connectivity index (χ4v) is 3.82. The van der Waals surface area contributed by atoms with Gasteiger partial charge in [0.2, 0.25) is 0 Å². The highest BCUT2D eigenvalue weighted by Crippen LogP contribution is 2.48. The first-order valence-corrected chi connectivity index (χ1v) is 9.03. The number of hydrogen-bond donors (Lipinski definition) is 1. The molecular weight excluding hydrogens is 332 g/mol. The van der Waals surface area contributed by atoms with Crippen LogP contribution >= 0.6 is 11.8 Å². The van der Waals surface area contributed by atoms with E-state index >= 15 is 0 Å². The Bertz CT molecular complexity index is 817. The van der Waals surface area contributed by atoms with Gasteiger partial charge in [-0.1, -0.05) is 30.0 Å². The molecular formula is C20H22N2O2S. The van der Waals surface area contributed by atoms with Crippen LogP contribution in [-0.2, 0) is 4.79 Å². The van der Waals surface area contributed by atoms with E-state index in [4.69, 9.17) is 5.11 Å². The van der Waals surface area contributed by atoms with E-state index in [1.807, 2.05) is 6.07 Å². The molecule has 0 aromatic heterocycles. The number of hydrogen-bond acceptors (Lipinski definition) is 4. The number of carboxylic acids is 1. The molecule has 0 amide bonds. The van der Waals surface area contributed by atoms with Crippen LogP contribution in [-0.4, -0.2) is 42.7 Å². The highest BCUT2D eigenvalue weighted by molar-refractivity contribution is 7.99. The summed E-state index contributed by atoms with van der Waals surface area (Å²) in [6, 6.07) is 14.9. The lowest BCUT2D eigenvalue weighted by Crippen LogP contribution is -2.37. The van der Waals surface area contributed by atoms with Crippen LogP contribution in [0.15, 0.2) is 58.3 Å². The van der Waals surface area contributed by atoms with Gasteiger partial charge in [0.25, 0.3) is 0 Å². The van der Waals surface area contributed by atoms with Gasteiger partial charge in [0.15, 0.2) is 0 Å². The first kappa shape index (κ1) is 17.6. The van der Waals surface area contributed by atoms with Gasteiger partial charge in [-0.25, -0.2) is 4.79 Å². The maximum atomic E-state index is 10.8. The summed E-state index contributed by atoms with van der Waals surface area (Å²) in [6.45, 7) is 3.07. The predicted molar refractivity (Wildman–Crippen MR) is 104 cm³/mol. The molecule has 0 saturated heterocycles. The van der Waals surface area contributed by atoms with E-state index < -0.39 is 5.97 Å². The van der Waals surface area contributed by atoms with Crippen LogP contribution in [0.1, 0.15) is 12.5 Å². The monoisotopic (exact) mass is 354 g/mol. The summed E-state index contributed by atoms with van der Waals surface area (Å²) in [4.78, 5) is 17.8. The van der Waals surface area contributed by atoms with Gasteiger partial charge in [-0.2, -0.15) is 0 Å². The molecule has 130 valence electrons. The number of fused-ring (bicyclic) bond motifs is 2. The molecule has 1 unspecified atom stereocenters. The molecule has 5 heteroatoms. The van der Waals surface area contributed by atoms with Gasteiger partial charge in [0, 0.05) is 28.5 Å². The van der Waals surface area contributed by atoms with Gasteiger partial charge in [0.1, 0.15) is 0 Å². The summed E-state index contributed by atoms with van der Waals surface area (Å²) in [6.07, 6.45) is 2.82. The zero-order valence-electron chi connectivity index (χ0n) is 14.6. The summed E-state index contributed by atoms with van der Waals surface area (Å²) in [7, 11) is 4.17. The summed E-state index contributed by atoms with van der Waals surface area (Å²) in [5.74, 6) is -0.935. The summed E-state index contributed by atoms with van der Waals surface area (Å²) in [5.41, 5.74) is 3.22. The molecule has 1 atom stereocenters. The van der Waals surface area contributed by atoms with Gasteiger partial charge < -0.3 is 14.9 Å². The van der Waals surface area contributed by atoms with Gasteiger partial charge in [-0.15, -0.1) is 0 Å². The number of carbonyl (C=O) groups is 1. The number of rotatable bonds is 5. The Labute approximate surface area is 152 Å². The quantitative estimate of drug-likeness (QED) is 0.809. The average molecular weight is 354 g/mol. The van der Waals surface area contributed by atoms with Crippen molar-refractivity contribution in [1.82, 2.24) is 4.90 Å². The number of aliphatic carboxylic acids is 1. The Kier molecular flexibility index (Phi) is 5.16. The van der Waals surface area contributed by atoms with Crippen LogP contribution in [0, 0.1) is 0 Å². The van der Waals surface area contributed by atoms with Crippen LogP contribution in [0.4, 0.5) is 11.4 Å². The first-order chi connectivity index (χ1) is 12.0. The number of para-hydroxylation sites is 1. The molecule has 1 aliphatic rings. The first-order valence-electron chi connectivity index (χ1n) is 8.21. The Morgan fingerprint density at radius 2 is 1.92 bits per heavy atom. The lowest BCUT2D eigenvalue weighted by atomic mass is 10.1. The zero-order chi connectivity index (χ0) is 18.0. The van der Waals surface area contributed by atoms with E-state index in [9.17, 15) is 4.79 Å². The standard InChI is InChI=1S/C20H22N2O2S/c1-14(21(2)3)13-22-16-6-4-5-7-18(16)25-19-10-8-15(12-17(19)22)9-11-20(23)24/h4-12,14H,13H2,1-3H3,(H,23,24). The molecule has 1 heterocycles. The van der Waals surface area contributed by atoms with Crippen LogP contribution < -0.4 is 4.90 Å². The number of anilines is 2. The third-order valence-electron chi connectivity index (χ3n) is 4.40. The SMILES string of the molecule is CC(CN1c2ccccc2Sc2ccc(C=CC(=O)O)cc21)N(C)C. The van der Waals surface area contributed by atoms with Crippen molar-refractivity contribution in [3.8, 4) is 0 Å². The van der Waals surface area contributed by atoms with Crippen LogP contribution in [0.25, 0.3) is 6.08 Å². The molecule has 0 spiro atoms. The van der Waals surface area contributed by atoms with Crippen molar-refractivity contribution in [2.24, 2.45) is 0 Å². The van der Waals surface area contributed by atoms with Crippen LogP contribution in [0.5, 0.6) is 0 Å². The zero-order valence-corrected chi connectivity index (χ0v) is 15.5. The molecule has 0 radical (unpaired) electrons. The predicted octanol–water partition coefficient (Wildman–Crippen LogP) is 4.34. The number of carboxylic acid groups (broad SMARTS) is 1. The highest BCUT2D eigenvalue weighted by Gasteiger charge is 2.25. The number of nitrogens with zero attached hydrogens (tertiary/aromatic N) is 2. The van der Waals surface area contributed by atoms with Gasteiger partial charge in [-0.05, 0) is 56.9 Å². The maximum Gasteiger partial charge on any atom is 0.328 e.